The minimum absolute atomic E-state index is 0.102. The van der Waals surface area contributed by atoms with Gasteiger partial charge in [0.1, 0.15) is 0 Å². The van der Waals surface area contributed by atoms with Crippen LogP contribution in [0.15, 0.2) is 42.6 Å². The standard InChI is InChI=1S/C19H21ClN2O3/c1-25-18-7-6-13(11-21-18)19(14-8-15(23)9-14)22-17(24)10-12-4-2-3-5-16(12)20/h2-7,11,14-15,19,23H,8-10H2,1H3,(H,22,24)/t14?,15?,19-/m0/s1. The predicted molar refractivity (Wildman–Crippen MR) is 95.6 cm³/mol. The minimum Gasteiger partial charge on any atom is -0.481 e. The topological polar surface area (TPSA) is 71.5 Å². The summed E-state index contributed by atoms with van der Waals surface area (Å²) in [5, 5.41) is 13.3. The molecular formula is C19H21ClN2O3. The summed E-state index contributed by atoms with van der Waals surface area (Å²) in [5.41, 5.74) is 1.70. The van der Waals surface area contributed by atoms with E-state index in [2.05, 4.69) is 10.3 Å². The third-order valence-electron chi connectivity index (χ3n) is 4.57. The second-order valence-corrected chi connectivity index (χ2v) is 6.74. The van der Waals surface area contributed by atoms with Crippen LogP contribution < -0.4 is 10.1 Å². The molecule has 0 bridgehead atoms. The minimum atomic E-state index is -0.292. The molecule has 0 spiro atoms. The number of carbonyl (C=O) groups is 1. The van der Waals surface area contributed by atoms with E-state index in [1.54, 1.807) is 25.4 Å². The molecule has 0 unspecified atom stereocenters. The molecule has 1 aliphatic carbocycles. The Balaban J connectivity index is 1.73. The van der Waals surface area contributed by atoms with Gasteiger partial charge in [-0.2, -0.15) is 0 Å². The second kappa shape index (κ2) is 7.85. The van der Waals surface area contributed by atoms with Crippen LogP contribution in [-0.4, -0.2) is 29.2 Å². The third kappa shape index (κ3) is 4.30. The van der Waals surface area contributed by atoms with Gasteiger partial charge in [0.25, 0.3) is 0 Å². The molecule has 1 aliphatic rings. The number of hydrogen-bond donors (Lipinski definition) is 2. The monoisotopic (exact) mass is 360 g/mol. The number of methoxy groups -OCH3 is 1. The van der Waals surface area contributed by atoms with E-state index in [1.807, 2.05) is 24.3 Å². The smallest absolute Gasteiger partial charge is 0.224 e. The van der Waals surface area contributed by atoms with E-state index in [0.717, 1.165) is 11.1 Å². The van der Waals surface area contributed by atoms with Crippen LogP contribution in [0.4, 0.5) is 0 Å². The molecule has 1 atom stereocenters. The average molecular weight is 361 g/mol. The van der Waals surface area contributed by atoms with Gasteiger partial charge in [0.15, 0.2) is 0 Å². The molecule has 1 saturated carbocycles. The molecule has 0 aliphatic heterocycles. The van der Waals surface area contributed by atoms with Crippen molar-refractivity contribution in [1.82, 2.24) is 10.3 Å². The zero-order valence-electron chi connectivity index (χ0n) is 14.0. The fourth-order valence-electron chi connectivity index (χ4n) is 3.11. The molecule has 5 nitrogen and oxygen atoms in total. The van der Waals surface area contributed by atoms with Gasteiger partial charge >= 0.3 is 0 Å². The first-order chi connectivity index (χ1) is 12.1. The maximum absolute atomic E-state index is 12.5. The van der Waals surface area contributed by atoms with E-state index in [4.69, 9.17) is 16.3 Å². The summed E-state index contributed by atoms with van der Waals surface area (Å²) in [6.45, 7) is 0. The van der Waals surface area contributed by atoms with Crippen LogP contribution in [0.5, 0.6) is 5.88 Å². The van der Waals surface area contributed by atoms with Gasteiger partial charge in [-0.15, -0.1) is 0 Å². The normalized spacial score (nSPS) is 20.4. The number of nitrogens with zero attached hydrogens (tertiary/aromatic N) is 1. The Labute approximate surface area is 152 Å². The first-order valence-corrected chi connectivity index (χ1v) is 8.65. The number of aliphatic hydroxyl groups excluding tert-OH is 1. The lowest BCUT2D eigenvalue weighted by molar-refractivity contribution is -0.122. The fourth-order valence-corrected chi connectivity index (χ4v) is 3.31. The molecule has 2 N–H and O–H groups in total. The number of nitrogens with one attached hydrogen (secondary N) is 1. The number of rotatable bonds is 6. The van der Waals surface area contributed by atoms with Crippen LogP contribution in [0, 0.1) is 5.92 Å². The van der Waals surface area contributed by atoms with Gasteiger partial charge in [-0.3, -0.25) is 4.79 Å². The van der Waals surface area contributed by atoms with Crippen molar-refractivity contribution in [2.45, 2.75) is 31.4 Å². The SMILES string of the molecule is COc1ccc([C@H](NC(=O)Cc2ccccc2Cl)C2CC(O)C2)cn1. The van der Waals surface area contributed by atoms with E-state index >= 15 is 0 Å². The Kier molecular flexibility index (Phi) is 5.56. The van der Waals surface area contributed by atoms with Crippen LogP contribution in [0.3, 0.4) is 0 Å². The fraction of sp³-hybridized carbons (Fsp3) is 0.368. The number of hydrogen-bond acceptors (Lipinski definition) is 4. The Morgan fingerprint density at radius 3 is 2.72 bits per heavy atom. The Morgan fingerprint density at radius 2 is 2.12 bits per heavy atom. The molecule has 3 rings (SSSR count). The highest BCUT2D eigenvalue weighted by Crippen LogP contribution is 2.38. The average Bonchev–Trinajstić information content (AvgIpc) is 2.59. The zero-order chi connectivity index (χ0) is 17.8. The first-order valence-electron chi connectivity index (χ1n) is 8.27. The molecule has 0 radical (unpaired) electrons. The van der Waals surface area contributed by atoms with Crippen LogP contribution in [0.2, 0.25) is 5.02 Å². The number of carbonyl (C=O) groups excluding carboxylic acids is 1. The molecule has 1 heterocycles. The maximum Gasteiger partial charge on any atom is 0.224 e. The number of amides is 1. The summed E-state index contributed by atoms with van der Waals surface area (Å²) in [4.78, 5) is 16.7. The highest BCUT2D eigenvalue weighted by Gasteiger charge is 2.35. The largest absolute Gasteiger partial charge is 0.481 e. The van der Waals surface area contributed by atoms with Crippen LogP contribution >= 0.6 is 11.6 Å². The number of ether oxygens (including phenoxy) is 1. The molecule has 1 aromatic heterocycles. The van der Waals surface area contributed by atoms with Crippen LogP contribution in [0.25, 0.3) is 0 Å². The highest BCUT2D eigenvalue weighted by molar-refractivity contribution is 6.31. The molecule has 1 amide bonds. The molecule has 2 aromatic rings. The van der Waals surface area contributed by atoms with Gasteiger partial charge in [0.05, 0.1) is 25.7 Å². The Hall–Kier alpha value is -2.11. The van der Waals surface area contributed by atoms with Gasteiger partial charge in [-0.05, 0) is 36.0 Å². The van der Waals surface area contributed by atoms with Crippen molar-refractivity contribution in [3.8, 4) is 5.88 Å². The van der Waals surface area contributed by atoms with Crippen molar-refractivity contribution in [3.63, 3.8) is 0 Å². The van der Waals surface area contributed by atoms with E-state index in [-0.39, 0.29) is 30.4 Å². The van der Waals surface area contributed by atoms with E-state index in [1.165, 1.54) is 0 Å². The van der Waals surface area contributed by atoms with E-state index in [9.17, 15) is 9.90 Å². The number of aromatic nitrogens is 1. The number of halogens is 1. The van der Waals surface area contributed by atoms with Gasteiger partial charge in [0, 0.05) is 17.3 Å². The summed E-state index contributed by atoms with van der Waals surface area (Å²) in [5.74, 6) is 0.620. The first kappa shape index (κ1) is 17.7. The molecule has 25 heavy (non-hydrogen) atoms. The van der Waals surface area contributed by atoms with Gasteiger partial charge in [-0.25, -0.2) is 4.98 Å². The van der Waals surface area contributed by atoms with Crippen LogP contribution in [0.1, 0.15) is 30.0 Å². The summed E-state index contributed by atoms with van der Waals surface area (Å²) in [6, 6.07) is 10.8. The van der Waals surface area contributed by atoms with E-state index in [0.29, 0.717) is 23.7 Å². The maximum atomic E-state index is 12.5. The molecule has 6 heteroatoms. The van der Waals surface area contributed by atoms with Gasteiger partial charge < -0.3 is 15.2 Å². The highest BCUT2D eigenvalue weighted by atomic mass is 35.5. The lowest BCUT2D eigenvalue weighted by Gasteiger charge is -2.38. The van der Waals surface area contributed by atoms with Gasteiger partial charge in [-0.1, -0.05) is 35.9 Å². The predicted octanol–water partition coefficient (Wildman–Crippen LogP) is 2.91. The van der Waals surface area contributed by atoms with Gasteiger partial charge in [0.2, 0.25) is 11.8 Å². The van der Waals surface area contributed by atoms with Crippen molar-refractivity contribution < 1.29 is 14.6 Å². The van der Waals surface area contributed by atoms with Crippen molar-refractivity contribution in [3.05, 3.63) is 58.7 Å². The molecular weight excluding hydrogens is 340 g/mol. The summed E-state index contributed by atoms with van der Waals surface area (Å²) < 4.78 is 5.09. The van der Waals surface area contributed by atoms with Crippen molar-refractivity contribution in [2.24, 2.45) is 5.92 Å². The molecule has 0 saturated heterocycles. The summed E-state index contributed by atoms with van der Waals surface area (Å²) >= 11 is 6.14. The van der Waals surface area contributed by atoms with Crippen molar-refractivity contribution in [1.29, 1.82) is 0 Å². The summed E-state index contributed by atoms with van der Waals surface area (Å²) in [7, 11) is 1.56. The lowest BCUT2D eigenvalue weighted by atomic mass is 9.75. The molecule has 1 fully saturated rings. The quantitative estimate of drug-likeness (QED) is 0.830. The van der Waals surface area contributed by atoms with E-state index < -0.39 is 0 Å². The molecule has 1 aromatic carbocycles. The zero-order valence-corrected chi connectivity index (χ0v) is 14.7. The molecule has 132 valence electrons. The van der Waals surface area contributed by atoms with Crippen molar-refractivity contribution >= 4 is 17.5 Å². The lowest BCUT2D eigenvalue weighted by Crippen LogP contribution is -2.42. The van der Waals surface area contributed by atoms with Crippen molar-refractivity contribution in [2.75, 3.05) is 7.11 Å². The Morgan fingerprint density at radius 1 is 1.36 bits per heavy atom. The summed E-state index contributed by atoms with van der Waals surface area (Å²) in [6.07, 6.45) is 2.98. The number of benzene rings is 1. The Bertz CT molecular complexity index is 730. The third-order valence-corrected chi connectivity index (χ3v) is 4.94. The van der Waals surface area contributed by atoms with Crippen LogP contribution in [-0.2, 0) is 11.2 Å². The number of aliphatic hydroxyl groups is 1. The second-order valence-electron chi connectivity index (χ2n) is 6.33. The number of pyridine rings is 1.